The number of piperazine rings is 1. The predicted molar refractivity (Wildman–Crippen MR) is 158 cm³/mol. The van der Waals surface area contributed by atoms with E-state index in [1.165, 1.54) is 10.9 Å². The number of fused-ring (bicyclic) bond motifs is 1. The molecule has 0 bridgehead atoms. The van der Waals surface area contributed by atoms with Gasteiger partial charge in [-0.3, -0.25) is 0 Å². The van der Waals surface area contributed by atoms with E-state index >= 15 is 0 Å². The minimum atomic E-state index is -0.605. The third-order valence-electron chi connectivity index (χ3n) is 6.84. The topological polar surface area (TPSA) is 106 Å². The average molecular weight is 591 g/mol. The van der Waals surface area contributed by atoms with Crippen molar-refractivity contribution in [1.82, 2.24) is 29.4 Å². The van der Waals surface area contributed by atoms with Gasteiger partial charge in [-0.05, 0) is 52.5 Å². The average Bonchev–Trinajstić information content (AvgIpc) is 2.84. The van der Waals surface area contributed by atoms with Crippen molar-refractivity contribution in [1.29, 1.82) is 0 Å². The van der Waals surface area contributed by atoms with Crippen LogP contribution < -0.4 is 10.6 Å². The van der Waals surface area contributed by atoms with Crippen LogP contribution in [0.15, 0.2) is 17.2 Å². The summed E-state index contributed by atoms with van der Waals surface area (Å²) in [5, 5.41) is 0.879. The molecule has 0 spiro atoms. The van der Waals surface area contributed by atoms with Crippen molar-refractivity contribution in [3.8, 4) is 5.69 Å². The van der Waals surface area contributed by atoms with Gasteiger partial charge in [0.05, 0.1) is 27.5 Å². The first kappa shape index (κ1) is 30.0. The van der Waals surface area contributed by atoms with Gasteiger partial charge in [-0.25, -0.2) is 29.1 Å². The largest absolute Gasteiger partial charge is 0.444 e. The number of hydrogen-bond acceptors (Lipinski definition) is 8. The Morgan fingerprint density at radius 2 is 1.60 bits per heavy atom. The molecule has 1 saturated heterocycles. The van der Waals surface area contributed by atoms with Crippen molar-refractivity contribution in [3.05, 3.63) is 44.4 Å². The van der Waals surface area contributed by atoms with Crippen LogP contribution in [0.5, 0.6) is 0 Å². The molecule has 1 aliphatic heterocycles. The zero-order valence-electron chi connectivity index (χ0n) is 24.5. The fourth-order valence-electron chi connectivity index (χ4n) is 4.98. The Morgan fingerprint density at radius 1 is 1.00 bits per heavy atom. The molecule has 4 rings (SSSR count). The highest BCUT2D eigenvalue weighted by atomic mass is 35.5. The first-order valence-electron chi connectivity index (χ1n) is 13.5. The minimum Gasteiger partial charge on any atom is -0.444 e. The Hall–Kier alpha value is -2.98. The molecule has 4 heterocycles. The molecule has 1 fully saturated rings. The molecule has 3 aromatic heterocycles. The maximum atomic E-state index is 13.9. The molecule has 2 unspecified atom stereocenters. The van der Waals surface area contributed by atoms with Gasteiger partial charge in [0.25, 0.3) is 0 Å². The van der Waals surface area contributed by atoms with Gasteiger partial charge in [0.2, 0.25) is 0 Å². The van der Waals surface area contributed by atoms with E-state index in [0.29, 0.717) is 47.0 Å². The lowest BCUT2D eigenvalue weighted by Crippen LogP contribution is -2.59. The molecule has 216 valence electrons. The highest BCUT2D eigenvalue weighted by Gasteiger charge is 2.36. The van der Waals surface area contributed by atoms with Gasteiger partial charge >= 0.3 is 11.8 Å². The number of carbonyl (C=O) groups is 1. The number of rotatable bonds is 4. The van der Waals surface area contributed by atoms with Crippen LogP contribution in [0.25, 0.3) is 16.7 Å². The summed E-state index contributed by atoms with van der Waals surface area (Å²) in [5.74, 6) is 0.433. The molecule has 40 heavy (non-hydrogen) atoms. The summed E-state index contributed by atoms with van der Waals surface area (Å²) >= 11 is 12.9. The van der Waals surface area contributed by atoms with Crippen LogP contribution in [-0.4, -0.2) is 66.3 Å². The zero-order chi connectivity index (χ0) is 29.7. The molecule has 0 saturated carbocycles. The van der Waals surface area contributed by atoms with E-state index in [1.807, 2.05) is 67.2 Å². The molecule has 1 amide bonds. The van der Waals surface area contributed by atoms with Crippen LogP contribution in [0, 0.1) is 0 Å². The van der Waals surface area contributed by atoms with Crippen LogP contribution >= 0.6 is 23.2 Å². The van der Waals surface area contributed by atoms with Crippen LogP contribution in [0.4, 0.5) is 10.6 Å². The standard InChI is InChI=1S/C28H37Cl2N7O3/c1-14(2)20-22(21(15(3)4)32-13-31-20)37-25-18(10-19(29)23(30)33-25)24(34-26(37)38)35-11-17(6)36(12-16(35)5)27(39)40-28(7,8)9/h10,13-17H,11-12H2,1-9H3. The number of carbonyl (C=O) groups excluding carboxylic acids is 1. The van der Waals surface area contributed by atoms with Gasteiger partial charge in [0, 0.05) is 25.2 Å². The lowest BCUT2D eigenvalue weighted by molar-refractivity contribution is 0.0130. The van der Waals surface area contributed by atoms with E-state index in [2.05, 4.69) is 19.9 Å². The molecular weight excluding hydrogens is 553 g/mol. The second-order valence-electron chi connectivity index (χ2n) is 12.0. The number of anilines is 1. The summed E-state index contributed by atoms with van der Waals surface area (Å²) < 4.78 is 7.08. The first-order valence-corrected chi connectivity index (χ1v) is 14.3. The van der Waals surface area contributed by atoms with E-state index in [4.69, 9.17) is 27.9 Å². The molecule has 3 aromatic rings. The fourth-order valence-corrected chi connectivity index (χ4v) is 5.27. The van der Waals surface area contributed by atoms with Crippen molar-refractivity contribution in [3.63, 3.8) is 0 Å². The summed E-state index contributed by atoms with van der Waals surface area (Å²) in [6.45, 7) is 18.3. The van der Waals surface area contributed by atoms with Crippen LogP contribution in [0.3, 0.4) is 0 Å². The number of halogens is 2. The second kappa shape index (κ2) is 11.1. The molecule has 10 nitrogen and oxygen atoms in total. The molecule has 1 aliphatic rings. The molecule has 0 N–H and O–H groups in total. The van der Waals surface area contributed by atoms with Gasteiger partial charge in [-0.2, -0.15) is 4.98 Å². The molecule has 0 aliphatic carbocycles. The third kappa shape index (κ3) is 5.74. The summed E-state index contributed by atoms with van der Waals surface area (Å²) in [6.07, 6.45) is 1.15. The minimum absolute atomic E-state index is 0.00158. The normalized spacial score (nSPS) is 18.2. The smallest absolute Gasteiger partial charge is 0.410 e. The Kier molecular flexibility index (Phi) is 8.34. The van der Waals surface area contributed by atoms with Gasteiger partial charge in [-0.1, -0.05) is 50.9 Å². The van der Waals surface area contributed by atoms with Gasteiger partial charge in [0.1, 0.15) is 22.9 Å². The van der Waals surface area contributed by atoms with E-state index in [-0.39, 0.29) is 40.2 Å². The Morgan fingerprint density at radius 3 is 2.15 bits per heavy atom. The molecular formula is C28H37Cl2N7O3. The lowest BCUT2D eigenvalue weighted by Gasteiger charge is -2.44. The quantitative estimate of drug-likeness (QED) is 0.343. The van der Waals surface area contributed by atoms with Crippen molar-refractivity contribution >= 4 is 46.1 Å². The maximum Gasteiger partial charge on any atom is 0.410 e. The number of pyridine rings is 1. The van der Waals surface area contributed by atoms with E-state index in [0.717, 1.165) is 0 Å². The molecule has 0 radical (unpaired) electrons. The highest BCUT2D eigenvalue weighted by molar-refractivity contribution is 6.41. The fraction of sp³-hybridized carbons (Fsp3) is 0.571. The number of hydrogen-bond donors (Lipinski definition) is 0. The SMILES string of the molecule is CC(C)c1ncnc(C(C)C)c1-n1c(=O)nc(N2CC(C)N(C(=O)OC(C)(C)C)CC2C)c2cc(Cl)c(Cl)nc21. The van der Waals surface area contributed by atoms with E-state index in [1.54, 1.807) is 11.0 Å². The maximum absolute atomic E-state index is 13.9. The second-order valence-corrected chi connectivity index (χ2v) is 12.7. The van der Waals surface area contributed by atoms with Crippen molar-refractivity contribution in [2.45, 2.75) is 91.8 Å². The summed E-state index contributed by atoms with van der Waals surface area (Å²) in [7, 11) is 0. The Bertz CT molecular complexity index is 1470. The lowest BCUT2D eigenvalue weighted by atomic mass is 10.0. The predicted octanol–water partition coefficient (Wildman–Crippen LogP) is 5.96. The Balaban J connectivity index is 1.91. The highest BCUT2D eigenvalue weighted by Crippen LogP contribution is 2.35. The van der Waals surface area contributed by atoms with E-state index < -0.39 is 11.3 Å². The number of amides is 1. The zero-order valence-corrected chi connectivity index (χ0v) is 26.0. The van der Waals surface area contributed by atoms with Crippen LogP contribution in [0.2, 0.25) is 10.2 Å². The molecule has 0 aromatic carbocycles. The summed E-state index contributed by atoms with van der Waals surface area (Å²) in [5.41, 5.74) is 1.16. The van der Waals surface area contributed by atoms with Crippen molar-refractivity contribution in [2.75, 3.05) is 18.0 Å². The van der Waals surface area contributed by atoms with Gasteiger partial charge in [0.15, 0.2) is 5.65 Å². The van der Waals surface area contributed by atoms with Crippen LogP contribution in [-0.2, 0) is 4.74 Å². The van der Waals surface area contributed by atoms with Gasteiger partial charge in [-0.15, -0.1) is 0 Å². The van der Waals surface area contributed by atoms with Gasteiger partial charge < -0.3 is 14.5 Å². The van der Waals surface area contributed by atoms with Crippen LogP contribution in [0.1, 0.15) is 85.5 Å². The number of ether oxygens (including phenoxy) is 1. The van der Waals surface area contributed by atoms with Crippen molar-refractivity contribution in [2.24, 2.45) is 0 Å². The van der Waals surface area contributed by atoms with E-state index in [9.17, 15) is 9.59 Å². The van der Waals surface area contributed by atoms with Crippen molar-refractivity contribution < 1.29 is 9.53 Å². The third-order valence-corrected chi connectivity index (χ3v) is 7.51. The summed E-state index contributed by atoms with van der Waals surface area (Å²) in [4.78, 5) is 48.8. The summed E-state index contributed by atoms with van der Waals surface area (Å²) in [6, 6.07) is 1.31. The Labute approximate surface area is 244 Å². The first-order chi connectivity index (χ1) is 18.6. The molecule has 2 atom stereocenters. The monoisotopic (exact) mass is 589 g/mol. The number of aromatic nitrogens is 5. The molecule has 12 heteroatoms. The number of nitrogens with zero attached hydrogens (tertiary/aromatic N) is 7.